The lowest BCUT2D eigenvalue weighted by Crippen LogP contribution is -2.04. The number of nitrogens with zero attached hydrogens (tertiary/aromatic N) is 2. The number of aryl methyl sites for hydroxylation is 1. The molecule has 0 aliphatic heterocycles. The number of amidine groups is 1. The van der Waals surface area contributed by atoms with E-state index in [-0.39, 0.29) is 0 Å². The summed E-state index contributed by atoms with van der Waals surface area (Å²) < 4.78 is 0. The minimum Gasteiger partial charge on any atom is -0.233 e. The molecule has 4 aromatic rings. The Balaban J connectivity index is 1.75. The van der Waals surface area contributed by atoms with Crippen LogP contribution in [-0.2, 0) is 0 Å². The van der Waals surface area contributed by atoms with Gasteiger partial charge < -0.3 is 0 Å². The van der Waals surface area contributed by atoms with Gasteiger partial charge in [-0.3, -0.25) is 0 Å². The molecule has 0 heterocycles. The van der Waals surface area contributed by atoms with Gasteiger partial charge in [-0.1, -0.05) is 103 Å². The predicted molar refractivity (Wildman–Crippen MR) is 129 cm³/mol. The number of rotatable bonds is 4. The third-order valence-corrected chi connectivity index (χ3v) is 5.07. The zero-order chi connectivity index (χ0) is 20.9. The highest BCUT2D eigenvalue weighted by Gasteiger charge is 2.07. The molecule has 0 saturated heterocycles. The maximum Gasteiger partial charge on any atom is 0.160 e. The van der Waals surface area contributed by atoms with E-state index in [4.69, 9.17) is 9.98 Å². The molecule has 0 aromatic heterocycles. The molecule has 0 amide bonds. The highest BCUT2D eigenvalue weighted by Crippen LogP contribution is 2.20. The van der Waals surface area contributed by atoms with E-state index in [0.717, 1.165) is 22.4 Å². The predicted octanol–water partition coefficient (Wildman–Crippen LogP) is 7.07. The molecular formula is C28H24N2. The standard InChI is InChI=1S/C28H24N2/c1-20-14-15-27-19-25(16-17-26(27)18-20)22(3)30-28(24-12-8-5-9-13-24)29-21(2)23-10-6-4-7-11-23/h4-19H,2H2,1,3H3. The van der Waals surface area contributed by atoms with Crippen LogP contribution in [0.2, 0.25) is 0 Å². The molecular weight excluding hydrogens is 364 g/mol. The van der Waals surface area contributed by atoms with E-state index in [1.165, 1.54) is 16.3 Å². The Morgan fingerprint density at radius 1 is 0.633 bits per heavy atom. The van der Waals surface area contributed by atoms with Gasteiger partial charge in [-0.15, -0.1) is 0 Å². The number of aliphatic imine (C=N–C) groups is 2. The molecule has 0 aliphatic rings. The normalized spacial score (nSPS) is 12.2. The lowest BCUT2D eigenvalue weighted by molar-refractivity contribution is 1.44. The van der Waals surface area contributed by atoms with Crippen LogP contribution in [0.5, 0.6) is 0 Å². The molecule has 0 radical (unpaired) electrons. The molecule has 0 aliphatic carbocycles. The number of hydrogen-bond donors (Lipinski definition) is 0. The van der Waals surface area contributed by atoms with Crippen LogP contribution in [0.3, 0.4) is 0 Å². The van der Waals surface area contributed by atoms with Crippen LogP contribution in [0.25, 0.3) is 16.5 Å². The highest BCUT2D eigenvalue weighted by atomic mass is 14.9. The van der Waals surface area contributed by atoms with E-state index >= 15 is 0 Å². The summed E-state index contributed by atoms with van der Waals surface area (Å²) in [6.07, 6.45) is 0. The summed E-state index contributed by atoms with van der Waals surface area (Å²) >= 11 is 0. The first-order chi connectivity index (χ1) is 14.6. The lowest BCUT2D eigenvalue weighted by Gasteiger charge is -2.08. The summed E-state index contributed by atoms with van der Waals surface area (Å²) in [7, 11) is 0. The SMILES string of the molecule is C=C(N=C(N=C(C)c1ccc2cc(C)ccc2c1)c1ccccc1)c1ccccc1. The van der Waals surface area contributed by atoms with E-state index in [9.17, 15) is 0 Å². The second-order valence-corrected chi connectivity index (χ2v) is 7.38. The summed E-state index contributed by atoms with van der Waals surface area (Å²) in [5.41, 5.74) is 5.91. The average molecular weight is 389 g/mol. The molecule has 146 valence electrons. The summed E-state index contributed by atoms with van der Waals surface area (Å²) in [5.74, 6) is 0.658. The smallest absolute Gasteiger partial charge is 0.160 e. The zero-order valence-corrected chi connectivity index (χ0v) is 17.3. The average Bonchev–Trinajstić information content (AvgIpc) is 2.79. The van der Waals surface area contributed by atoms with Crippen molar-refractivity contribution in [2.45, 2.75) is 13.8 Å². The van der Waals surface area contributed by atoms with Crippen LogP contribution in [-0.4, -0.2) is 11.5 Å². The third kappa shape index (κ3) is 4.44. The van der Waals surface area contributed by atoms with Crippen molar-refractivity contribution in [3.8, 4) is 0 Å². The minimum atomic E-state index is 0.658. The van der Waals surface area contributed by atoms with E-state index in [1.54, 1.807) is 0 Å². The molecule has 0 fully saturated rings. The maximum atomic E-state index is 4.91. The van der Waals surface area contributed by atoms with Crippen LogP contribution in [0.4, 0.5) is 0 Å². The van der Waals surface area contributed by atoms with E-state index in [0.29, 0.717) is 11.5 Å². The van der Waals surface area contributed by atoms with E-state index in [1.807, 2.05) is 67.6 Å². The molecule has 0 atom stereocenters. The highest BCUT2D eigenvalue weighted by molar-refractivity contribution is 6.13. The van der Waals surface area contributed by atoms with Gasteiger partial charge in [-0.25, -0.2) is 9.98 Å². The number of fused-ring (bicyclic) bond motifs is 1. The first-order valence-electron chi connectivity index (χ1n) is 10.0. The molecule has 0 saturated carbocycles. The fourth-order valence-electron chi connectivity index (χ4n) is 3.38. The van der Waals surface area contributed by atoms with Crippen molar-refractivity contribution in [1.29, 1.82) is 0 Å². The Hall–Kier alpha value is -3.78. The monoisotopic (exact) mass is 388 g/mol. The molecule has 30 heavy (non-hydrogen) atoms. The first-order valence-corrected chi connectivity index (χ1v) is 10.0. The summed E-state index contributed by atoms with van der Waals surface area (Å²) in [5, 5.41) is 2.44. The van der Waals surface area contributed by atoms with Crippen molar-refractivity contribution < 1.29 is 0 Å². The Morgan fingerprint density at radius 2 is 1.23 bits per heavy atom. The van der Waals surface area contributed by atoms with Gasteiger partial charge in [0.05, 0.1) is 5.70 Å². The Bertz CT molecular complexity index is 1250. The lowest BCUT2D eigenvalue weighted by atomic mass is 10.0. The van der Waals surface area contributed by atoms with Crippen molar-refractivity contribution in [2.24, 2.45) is 9.98 Å². The van der Waals surface area contributed by atoms with Crippen LogP contribution in [0.15, 0.2) is 114 Å². The largest absolute Gasteiger partial charge is 0.233 e. The number of benzene rings is 4. The van der Waals surface area contributed by atoms with Gasteiger partial charge in [0.15, 0.2) is 5.84 Å². The summed E-state index contributed by atoms with van der Waals surface area (Å²) in [6.45, 7) is 8.30. The van der Waals surface area contributed by atoms with Crippen molar-refractivity contribution in [3.63, 3.8) is 0 Å². The van der Waals surface area contributed by atoms with Gasteiger partial charge in [0.25, 0.3) is 0 Å². The fraction of sp³-hybridized carbons (Fsp3) is 0.0714. The quantitative estimate of drug-likeness (QED) is 0.264. The first kappa shape index (κ1) is 19.5. The minimum absolute atomic E-state index is 0.658. The van der Waals surface area contributed by atoms with Gasteiger partial charge in [-0.2, -0.15) is 0 Å². The van der Waals surface area contributed by atoms with Gasteiger partial charge in [0, 0.05) is 11.3 Å². The topological polar surface area (TPSA) is 24.7 Å². The second kappa shape index (κ2) is 8.71. The zero-order valence-electron chi connectivity index (χ0n) is 17.3. The molecule has 0 unspecified atom stereocenters. The Kier molecular flexibility index (Phi) is 5.67. The number of hydrogen-bond acceptors (Lipinski definition) is 1. The molecule has 0 spiro atoms. The molecule has 4 rings (SSSR count). The van der Waals surface area contributed by atoms with E-state index in [2.05, 4.69) is 49.9 Å². The second-order valence-electron chi connectivity index (χ2n) is 7.38. The maximum absolute atomic E-state index is 4.91. The van der Waals surface area contributed by atoms with Crippen molar-refractivity contribution in [2.75, 3.05) is 0 Å². The van der Waals surface area contributed by atoms with Crippen molar-refractivity contribution >= 4 is 28.0 Å². The molecule has 4 aromatic carbocycles. The molecule has 2 heteroatoms. The van der Waals surface area contributed by atoms with Crippen molar-refractivity contribution in [1.82, 2.24) is 0 Å². The third-order valence-electron chi connectivity index (χ3n) is 5.07. The van der Waals surface area contributed by atoms with Gasteiger partial charge >= 0.3 is 0 Å². The summed E-state index contributed by atoms with van der Waals surface area (Å²) in [6, 6.07) is 33.0. The molecule has 0 bridgehead atoms. The van der Waals surface area contributed by atoms with E-state index < -0.39 is 0 Å². The summed E-state index contributed by atoms with van der Waals surface area (Å²) in [4.78, 5) is 9.70. The van der Waals surface area contributed by atoms with Crippen molar-refractivity contribution in [3.05, 3.63) is 126 Å². The van der Waals surface area contributed by atoms with Crippen LogP contribution in [0.1, 0.15) is 29.2 Å². The Morgan fingerprint density at radius 3 is 1.93 bits per heavy atom. The Labute approximate surface area is 178 Å². The van der Waals surface area contributed by atoms with Gasteiger partial charge in [0.1, 0.15) is 0 Å². The molecule has 2 nitrogen and oxygen atoms in total. The van der Waals surface area contributed by atoms with Crippen LogP contribution >= 0.6 is 0 Å². The van der Waals surface area contributed by atoms with Gasteiger partial charge in [0.2, 0.25) is 0 Å². The fourth-order valence-corrected chi connectivity index (χ4v) is 3.38. The van der Waals surface area contributed by atoms with Crippen LogP contribution < -0.4 is 0 Å². The molecule has 0 N–H and O–H groups in total. The van der Waals surface area contributed by atoms with Crippen LogP contribution in [0, 0.1) is 6.92 Å². The van der Waals surface area contributed by atoms with Gasteiger partial charge in [-0.05, 0) is 41.8 Å².